The van der Waals surface area contributed by atoms with Crippen molar-refractivity contribution < 1.29 is 0 Å². The first-order valence-corrected chi connectivity index (χ1v) is 5.93. The second kappa shape index (κ2) is 4.71. The first-order valence-electron chi connectivity index (χ1n) is 5.93. The maximum atomic E-state index is 3.53. The van der Waals surface area contributed by atoms with Crippen molar-refractivity contribution >= 4 is 0 Å². The molecule has 0 saturated heterocycles. The Balaban J connectivity index is 2.01. The van der Waals surface area contributed by atoms with Crippen LogP contribution in [0.25, 0.3) is 0 Å². The Kier molecular flexibility index (Phi) is 3.30. The Morgan fingerprint density at radius 2 is 1.94 bits per heavy atom. The van der Waals surface area contributed by atoms with Crippen LogP contribution in [0.1, 0.15) is 26.3 Å². The lowest BCUT2D eigenvalue weighted by molar-refractivity contribution is 0.227. The number of allylic oxidation sites excluding steroid dienone is 1. The van der Waals surface area contributed by atoms with E-state index in [0.29, 0.717) is 12.0 Å². The van der Waals surface area contributed by atoms with Crippen molar-refractivity contribution in [2.45, 2.75) is 33.4 Å². The molecule has 0 radical (unpaired) electrons. The normalized spacial score (nSPS) is 20.4. The van der Waals surface area contributed by atoms with Gasteiger partial charge in [0.05, 0.1) is 6.54 Å². The van der Waals surface area contributed by atoms with Gasteiger partial charge in [-0.1, -0.05) is 44.2 Å². The predicted octanol–water partition coefficient (Wildman–Crippen LogP) is 2.94. The summed E-state index contributed by atoms with van der Waals surface area (Å²) in [4.78, 5) is 0. The molecule has 0 spiro atoms. The zero-order valence-electron chi connectivity index (χ0n) is 10.3. The molecule has 0 fully saturated rings. The Labute approximate surface area is 97.9 Å². The van der Waals surface area contributed by atoms with Crippen LogP contribution in [0.2, 0.25) is 0 Å². The second-order valence-corrected chi connectivity index (χ2v) is 4.78. The summed E-state index contributed by atoms with van der Waals surface area (Å²) in [7, 11) is 0. The Morgan fingerprint density at radius 3 is 2.50 bits per heavy atom. The van der Waals surface area contributed by atoms with E-state index in [1.54, 1.807) is 0 Å². The van der Waals surface area contributed by atoms with E-state index >= 15 is 0 Å². The van der Waals surface area contributed by atoms with Crippen LogP contribution in [0.15, 0.2) is 42.1 Å². The molecule has 0 saturated carbocycles. The van der Waals surface area contributed by atoms with E-state index in [0.717, 1.165) is 6.54 Å². The summed E-state index contributed by atoms with van der Waals surface area (Å²) in [5.41, 5.74) is 6.19. The average Bonchev–Trinajstić information content (AvgIpc) is 2.62. The SMILES string of the molecule is CC1=CC(C(C)C)NN1Cc1ccccc1. The molecule has 1 aliphatic rings. The Morgan fingerprint density at radius 1 is 1.25 bits per heavy atom. The summed E-state index contributed by atoms with van der Waals surface area (Å²) < 4.78 is 0. The second-order valence-electron chi connectivity index (χ2n) is 4.78. The molecule has 1 aromatic rings. The van der Waals surface area contributed by atoms with Gasteiger partial charge in [-0.05, 0) is 24.5 Å². The third kappa shape index (κ3) is 2.45. The quantitative estimate of drug-likeness (QED) is 0.835. The van der Waals surface area contributed by atoms with Crippen molar-refractivity contribution in [3.63, 3.8) is 0 Å². The number of benzene rings is 1. The number of hydrogen-bond acceptors (Lipinski definition) is 2. The fraction of sp³-hybridized carbons (Fsp3) is 0.429. The molecule has 1 aromatic carbocycles. The molecule has 16 heavy (non-hydrogen) atoms. The zero-order chi connectivity index (χ0) is 11.5. The lowest BCUT2D eigenvalue weighted by Gasteiger charge is -2.24. The van der Waals surface area contributed by atoms with E-state index in [2.05, 4.69) is 67.6 Å². The Hall–Kier alpha value is -1.28. The van der Waals surface area contributed by atoms with Gasteiger partial charge in [-0.25, -0.2) is 5.43 Å². The average molecular weight is 216 g/mol. The number of hydrazine groups is 1. The van der Waals surface area contributed by atoms with Crippen LogP contribution in [0.4, 0.5) is 0 Å². The van der Waals surface area contributed by atoms with Crippen LogP contribution in [0, 0.1) is 5.92 Å². The van der Waals surface area contributed by atoms with Crippen molar-refractivity contribution in [1.82, 2.24) is 10.4 Å². The van der Waals surface area contributed by atoms with Crippen LogP contribution in [-0.4, -0.2) is 11.1 Å². The standard InChI is InChI=1S/C14H20N2/c1-11(2)14-9-12(3)16(15-14)10-13-7-5-4-6-8-13/h4-9,11,14-15H,10H2,1-3H3. The highest BCUT2D eigenvalue weighted by molar-refractivity contribution is 5.17. The molecule has 2 heteroatoms. The first-order chi connectivity index (χ1) is 7.66. The molecule has 1 aliphatic heterocycles. The van der Waals surface area contributed by atoms with Gasteiger partial charge in [0.25, 0.3) is 0 Å². The molecule has 0 aromatic heterocycles. The molecule has 2 rings (SSSR count). The van der Waals surface area contributed by atoms with Gasteiger partial charge >= 0.3 is 0 Å². The Bertz CT molecular complexity index is 368. The zero-order valence-corrected chi connectivity index (χ0v) is 10.3. The van der Waals surface area contributed by atoms with Gasteiger partial charge in [-0.15, -0.1) is 0 Å². The minimum absolute atomic E-state index is 0.476. The summed E-state index contributed by atoms with van der Waals surface area (Å²) in [5, 5.41) is 2.24. The molecule has 1 N–H and O–H groups in total. The molecular weight excluding hydrogens is 196 g/mol. The summed E-state index contributed by atoms with van der Waals surface area (Å²) >= 11 is 0. The van der Waals surface area contributed by atoms with E-state index in [9.17, 15) is 0 Å². The smallest absolute Gasteiger partial charge is 0.0591 e. The van der Waals surface area contributed by atoms with E-state index in [-0.39, 0.29) is 0 Å². The van der Waals surface area contributed by atoms with Gasteiger partial charge in [-0.3, -0.25) is 0 Å². The van der Waals surface area contributed by atoms with Crippen LogP contribution >= 0.6 is 0 Å². The molecule has 0 aliphatic carbocycles. The molecule has 2 nitrogen and oxygen atoms in total. The number of nitrogens with one attached hydrogen (secondary N) is 1. The van der Waals surface area contributed by atoms with Crippen LogP contribution in [0.3, 0.4) is 0 Å². The van der Waals surface area contributed by atoms with E-state index < -0.39 is 0 Å². The lowest BCUT2D eigenvalue weighted by Crippen LogP contribution is -2.38. The van der Waals surface area contributed by atoms with Crippen LogP contribution in [-0.2, 0) is 6.54 Å². The summed E-state index contributed by atoms with van der Waals surface area (Å²) in [5.74, 6) is 0.635. The third-order valence-electron chi connectivity index (χ3n) is 3.05. The van der Waals surface area contributed by atoms with Gasteiger partial charge in [0.1, 0.15) is 0 Å². The number of rotatable bonds is 3. The lowest BCUT2D eigenvalue weighted by atomic mass is 10.1. The molecule has 86 valence electrons. The van der Waals surface area contributed by atoms with Crippen molar-refractivity contribution in [2.24, 2.45) is 5.92 Å². The van der Waals surface area contributed by atoms with Gasteiger partial charge in [0.2, 0.25) is 0 Å². The first kappa shape index (κ1) is 11.2. The molecule has 0 amide bonds. The fourth-order valence-corrected chi connectivity index (χ4v) is 1.95. The van der Waals surface area contributed by atoms with Gasteiger partial charge < -0.3 is 5.01 Å². The van der Waals surface area contributed by atoms with E-state index in [1.165, 1.54) is 11.3 Å². The van der Waals surface area contributed by atoms with Crippen molar-refractivity contribution in [3.8, 4) is 0 Å². The summed E-state index contributed by atoms with van der Waals surface area (Å²) in [6.07, 6.45) is 2.31. The summed E-state index contributed by atoms with van der Waals surface area (Å²) in [6, 6.07) is 11.0. The van der Waals surface area contributed by atoms with Gasteiger partial charge in [0.15, 0.2) is 0 Å². The largest absolute Gasteiger partial charge is 0.308 e. The topological polar surface area (TPSA) is 15.3 Å². The highest BCUT2D eigenvalue weighted by Crippen LogP contribution is 2.18. The van der Waals surface area contributed by atoms with Crippen molar-refractivity contribution in [1.29, 1.82) is 0 Å². The van der Waals surface area contributed by atoms with Crippen LogP contribution in [0.5, 0.6) is 0 Å². The third-order valence-corrected chi connectivity index (χ3v) is 3.05. The molecular formula is C14H20N2. The highest BCUT2D eigenvalue weighted by Gasteiger charge is 2.21. The summed E-state index contributed by atoms with van der Waals surface area (Å²) in [6.45, 7) is 7.59. The molecule has 0 bridgehead atoms. The van der Waals surface area contributed by atoms with Gasteiger partial charge in [0, 0.05) is 11.7 Å². The van der Waals surface area contributed by atoms with Crippen molar-refractivity contribution in [3.05, 3.63) is 47.7 Å². The minimum Gasteiger partial charge on any atom is -0.308 e. The van der Waals surface area contributed by atoms with E-state index in [1.807, 2.05) is 0 Å². The van der Waals surface area contributed by atoms with Gasteiger partial charge in [-0.2, -0.15) is 0 Å². The minimum atomic E-state index is 0.476. The van der Waals surface area contributed by atoms with Crippen LogP contribution < -0.4 is 5.43 Å². The molecule has 1 heterocycles. The van der Waals surface area contributed by atoms with Crippen molar-refractivity contribution in [2.75, 3.05) is 0 Å². The molecule has 1 unspecified atom stereocenters. The fourth-order valence-electron chi connectivity index (χ4n) is 1.95. The number of hydrogen-bond donors (Lipinski definition) is 1. The number of nitrogens with zero attached hydrogens (tertiary/aromatic N) is 1. The monoisotopic (exact) mass is 216 g/mol. The maximum Gasteiger partial charge on any atom is 0.0591 e. The highest BCUT2D eigenvalue weighted by atomic mass is 15.5. The maximum absolute atomic E-state index is 3.53. The van der Waals surface area contributed by atoms with E-state index in [4.69, 9.17) is 0 Å². The molecule has 1 atom stereocenters. The predicted molar refractivity (Wildman–Crippen MR) is 67.5 cm³/mol.